The molecule has 0 radical (unpaired) electrons. The van der Waals surface area contributed by atoms with Gasteiger partial charge in [-0.3, -0.25) is 0 Å². The molecule has 0 amide bonds. The van der Waals surface area contributed by atoms with Crippen LogP contribution in [0.3, 0.4) is 0 Å². The summed E-state index contributed by atoms with van der Waals surface area (Å²) in [6.45, 7) is 0.325. The highest BCUT2D eigenvalue weighted by atomic mass is 35.5. The Balaban J connectivity index is 2.01. The fourth-order valence-electron chi connectivity index (χ4n) is 1.87. The molecule has 2 rings (SSSR count). The molecule has 2 aromatic carbocycles. The maximum Gasteiger partial charge on any atom is 0.335 e. The van der Waals surface area contributed by atoms with Crippen molar-refractivity contribution >= 4 is 40.8 Å². The number of hydrogen-bond acceptors (Lipinski definition) is 4. The highest BCUT2D eigenvalue weighted by Gasteiger charge is 2.15. The number of rotatable bonds is 7. The average molecular weight is 392 g/mol. The quantitative estimate of drug-likeness (QED) is 0.686. The second kappa shape index (κ2) is 8.33. The first-order valence-corrected chi connectivity index (χ1v) is 7.87. The summed E-state index contributed by atoms with van der Waals surface area (Å²) in [5.41, 5.74) is 0.00570. The highest BCUT2D eigenvalue weighted by Crippen LogP contribution is 2.36. The lowest BCUT2D eigenvalue weighted by Gasteiger charge is -2.14. The van der Waals surface area contributed by atoms with E-state index in [4.69, 9.17) is 54.1 Å². The standard InChI is InChI=1S/C16H13Cl3O5/c1-22-14-7-9(16(20)21)6-12(19)15(14)24-5-4-23-13-8-10(17)2-3-11(13)18/h2-3,6-8H,4-5H2,1H3,(H,20,21). The molecule has 24 heavy (non-hydrogen) atoms. The number of ether oxygens (including phenoxy) is 3. The van der Waals surface area contributed by atoms with Gasteiger partial charge in [-0.05, 0) is 24.3 Å². The minimum absolute atomic E-state index is 0.00570. The minimum atomic E-state index is -1.11. The number of carboxylic acids is 1. The zero-order valence-electron chi connectivity index (χ0n) is 12.5. The van der Waals surface area contributed by atoms with Crippen molar-refractivity contribution in [3.63, 3.8) is 0 Å². The van der Waals surface area contributed by atoms with E-state index < -0.39 is 5.97 Å². The molecule has 128 valence electrons. The summed E-state index contributed by atoms with van der Waals surface area (Å²) in [6, 6.07) is 7.50. The van der Waals surface area contributed by atoms with Gasteiger partial charge >= 0.3 is 5.97 Å². The lowest BCUT2D eigenvalue weighted by atomic mass is 10.2. The van der Waals surface area contributed by atoms with Gasteiger partial charge in [-0.2, -0.15) is 0 Å². The Hall–Kier alpha value is -1.82. The van der Waals surface area contributed by atoms with Crippen LogP contribution < -0.4 is 14.2 Å². The largest absolute Gasteiger partial charge is 0.493 e. The SMILES string of the molecule is COc1cc(C(=O)O)cc(Cl)c1OCCOc1cc(Cl)ccc1Cl. The summed E-state index contributed by atoms with van der Waals surface area (Å²) < 4.78 is 16.1. The van der Waals surface area contributed by atoms with E-state index in [1.165, 1.54) is 19.2 Å². The second-order valence-corrected chi connectivity index (χ2v) is 5.82. The molecule has 2 aromatic rings. The van der Waals surface area contributed by atoms with Crippen LogP contribution in [-0.2, 0) is 0 Å². The Morgan fingerprint density at radius 2 is 1.71 bits per heavy atom. The van der Waals surface area contributed by atoms with Gasteiger partial charge in [-0.25, -0.2) is 4.79 Å². The third kappa shape index (κ3) is 4.60. The van der Waals surface area contributed by atoms with E-state index in [1.807, 2.05) is 0 Å². The van der Waals surface area contributed by atoms with E-state index in [2.05, 4.69) is 0 Å². The van der Waals surface area contributed by atoms with Crippen molar-refractivity contribution in [2.45, 2.75) is 0 Å². The molecule has 0 heterocycles. The third-order valence-corrected chi connectivity index (χ3v) is 3.79. The van der Waals surface area contributed by atoms with Crippen LogP contribution in [0.15, 0.2) is 30.3 Å². The molecule has 8 heteroatoms. The number of carboxylic acid groups (broad SMARTS) is 1. The Morgan fingerprint density at radius 3 is 2.38 bits per heavy atom. The van der Waals surface area contributed by atoms with E-state index in [9.17, 15) is 4.79 Å². The molecule has 0 aliphatic rings. The predicted octanol–water partition coefficient (Wildman–Crippen LogP) is 4.81. The van der Waals surface area contributed by atoms with Gasteiger partial charge < -0.3 is 19.3 Å². The molecule has 0 aliphatic carbocycles. The van der Waals surface area contributed by atoms with Gasteiger partial charge in [0, 0.05) is 11.1 Å². The molecule has 0 atom stereocenters. The molecular formula is C16H13Cl3O5. The van der Waals surface area contributed by atoms with Crippen LogP contribution in [0.5, 0.6) is 17.2 Å². The van der Waals surface area contributed by atoms with Crippen molar-refractivity contribution in [2.24, 2.45) is 0 Å². The Bertz CT molecular complexity index is 749. The lowest BCUT2D eigenvalue weighted by molar-refractivity contribution is 0.0696. The summed E-state index contributed by atoms with van der Waals surface area (Å²) >= 11 is 17.9. The molecule has 0 saturated heterocycles. The molecule has 0 spiro atoms. The topological polar surface area (TPSA) is 65.0 Å². The number of aromatic carboxylic acids is 1. The summed E-state index contributed by atoms with van der Waals surface area (Å²) in [5.74, 6) is -0.210. The van der Waals surface area contributed by atoms with Crippen molar-refractivity contribution in [2.75, 3.05) is 20.3 Å². The Kier molecular flexibility index (Phi) is 6.43. The van der Waals surface area contributed by atoms with E-state index in [1.54, 1.807) is 18.2 Å². The van der Waals surface area contributed by atoms with Gasteiger partial charge in [0.1, 0.15) is 19.0 Å². The second-order valence-electron chi connectivity index (χ2n) is 4.57. The van der Waals surface area contributed by atoms with Crippen molar-refractivity contribution in [1.29, 1.82) is 0 Å². The predicted molar refractivity (Wildman–Crippen MR) is 92.4 cm³/mol. The van der Waals surface area contributed by atoms with Gasteiger partial charge in [0.15, 0.2) is 11.5 Å². The summed E-state index contributed by atoms with van der Waals surface area (Å²) in [4.78, 5) is 11.0. The van der Waals surface area contributed by atoms with Gasteiger partial charge in [0.2, 0.25) is 0 Å². The Morgan fingerprint density at radius 1 is 1.00 bits per heavy atom. The fourth-order valence-corrected chi connectivity index (χ4v) is 2.47. The number of carbonyl (C=O) groups is 1. The number of hydrogen-bond donors (Lipinski definition) is 1. The molecule has 0 bridgehead atoms. The molecule has 0 fully saturated rings. The molecule has 0 aliphatic heterocycles. The van der Waals surface area contributed by atoms with Crippen molar-refractivity contribution in [3.05, 3.63) is 51.0 Å². The fraction of sp³-hybridized carbons (Fsp3) is 0.188. The highest BCUT2D eigenvalue weighted by molar-refractivity contribution is 6.34. The lowest BCUT2D eigenvalue weighted by Crippen LogP contribution is -2.10. The van der Waals surface area contributed by atoms with Gasteiger partial charge in [-0.15, -0.1) is 0 Å². The van der Waals surface area contributed by atoms with E-state index in [0.717, 1.165) is 0 Å². The van der Waals surface area contributed by atoms with Crippen molar-refractivity contribution in [1.82, 2.24) is 0 Å². The summed E-state index contributed by atoms with van der Waals surface area (Å²) in [7, 11) is 1.40. The maximum absolute atomic E-state index is 11.0. The third-order valence-electron chi connectivity index (χ3n) is 2.96. The van der Waals surface area contributed by atoms with Crippen molar-refractivity contribution in [3.8, 4) is 17.2 Å². The average Bonchev–Trinajstić information content (AvgIpc) is 2.55. The molecule has 0 aromatic heterocycles. The van der Waals surface area contributed by atoms with E-state index >= 15 is 0 Å². The first kappa shape index (κ1) is 18.5. The van der Waals surface area contributed by atoms with Crippen LogP contribution in [0.1, 0.15) is 10.4 Å². The zero-order valence-corrected chi connectivity index (χ0v) is 14.8. The minimum Gasteiger partial charge on any atom is -0.493 e. The van der Waals surface area contributed by atoms with E-state index in [-0.39, 0.29) is 35.3 Å². The molecule has 0 saturated carbocycles. The van der Waals surface area contributed by atoms with Crippen LogP contribution >= 0.6 is 34.8 Å². The molecule has 0 unspecified atom stereocenters. The zero-order chi connectivity index (χ0) is 17.7. The van der Waals surface area contributed by atoms with Crippen molar-refractivity contribution < 1.29 is 24.1 Å². The van der Waals surface area contributed by atoms with Crippen LogP contribution in [0.4, 0.5) is 0 Å². The molecule has 1 N–H and O–H groups in total. The first-order chi connectivity index (χ1) is 11.4. The summed E-state index contributed by atoms with van der Waals surface area (Å²) in [5, 5.41) is 10.1. The maximum atomic E-state index is 11.0. The molecular weight excluding hydrogens is 379 g/mol. The van der Waals surface area contributed by atoms with Gasteiger partial charge in [-0.1, -0.05) is 34.8 Å². The smallest absolute Gasteiger partial charge is 0.335 e. The van der Waals surface area contributed by atoms with Gasteiger partial charge in [0.25, 0.3) is 0 Å². The summed E-state index contributed by atoms with van der Waals surface area (Å²) in [6.07, 6.45) is 0. The van der Waals surface area contributed by atoms with Crippen LogP contribution in [0.2, 0.25) is 15.1 Å². The Labute approximate surface area is 153 Å². The van der Waals surface area contributed by atoms with Crippen LogP contribution in [0.25, 0.3) is 0 Å². The number of halogens is 3. The number of benzene rings is 2. The van der Waals surface area contributed by atoms with E-state index in [0.29, 0.717) is 15.8 Å². The van der Waals surface area contributed by atoms with Gasteiger partial charge in [0.05, 0.1) is 22.7 Å². The molecule has 5 nitrogen and oxygen atoms in total. The monoisotopic (exact) mass is 390 g/mol. The first-order valence-electron chi connectivity index (χ1n) is 6.74. The number of methoxy groups -OCH3 is 1. The van der Waals surface area contributed by atoms with Crippen LogP contribution in [-0.4, -0.2) is 31.4 Å². The van der Waals surface area contributed by atoms with Crippen LogP contribution in [0, 0.1) is 0 Å². The normalized spacial score (nSPS) is 10.3.